The second-order valence-corrected chi connectivity index (χ2v) is 5.81. The molecule has 0 bridgehead atoms. The molecule has 18 heavy (non-hydrogen) atoms. The van der Waals surface area contributed by atoms with E-state index in [-0.39, 0.29) is 22.9 Å². The van der Waals surface area contributed by atoms with Crippen LogP contribution in [0, 0.1) is 5.82 Å². The Morgan fingerprint density at radius 1 is 1.50 bits per heavy atom. The van der Waals surface area contributed by atoms with E-state index in [1.54, 1.807) is 6.07 Å². The van der Waals surface area contributed by atoms with Crippen molar-refractivity contribution in [1.29, 1.82) is 0 Å². The molecule has 5 heteroatoms. The SMILES string of the molecule is CCC(C)(C)NC(=O)CSc1ccc(N)c(F)c1. The molecular formula is C13H19FN2OS. The van der Waals surface area contributed by atoms with Gasteiger partial charge in [-0.1, -0.05) is 6.92 Å². The number of nitrogen functional groups attached to an aromatic ring is 1. The van der Waals surface area contributed by atoms with Crippen LogP contribution >= 0.6 is 11.8 Å². The van der Waals surface area contributed by atoms with Crippen LogP contribution in [0.15, 0.2) is 23.1 Å². The number of halogens is 1. The van der Waals surface area contributed by atoms with Crippen LogP contribution in [-0.2, 0) is 4.79 Å². The lowest BCUT2D eigenvalue weighted by molar-refractivity contribution is -0.120. The molecule has 0 aliphatic heterocycles. The zero-order chi connectivity index (χ0) is 13.8. The summed E-state index contributed by atoms with van der Waals surface area (Å²) in [4.78, 5) is 12.4. The van der Waals surface area contributed by atoms with Crippen LogP contribution in [0.3, 0.4) is 0 Å². The molecule has 0 unspecified atom stereocenters. The fourth-order valence-corrected chi connectivity index (χ4v) is 1.97. The summed E-state index contributed by atoms with van der Waals surface area (Å²) in [7, 11) is 0. The molecule has 0 heterocycles. The van der Waals surface area contributed by atoms with Gasteiger partial charge in [-0.25, -0.2) is 4.39 Å². The molecule has 1 aromatic rings. The van der Waals surface area contributed by atoms with E-state index >= 15 is 0 Å². The molecule has 1 amide bonds. The third-order valence-electron chi connectivity index (χ3n) is 2.70. The fraction of sp³-hybridized carbons (Fsp3) is 0.462. The number of benzene rings is 1. The highest BCUT2D eigenvalue weighted by atomic mass is 32.2. The Bertz CT molecular complexity index is 435. The molecule has 0 aliphatic rings. The number of nitrogens with two attached hydrogens (primary N) is 1. The summed E-state index contributed by atoms with van der Waals surface area (Å²) in [5.74, 6) is -0.231. The summed E-state index contributed by atoms with van der Waals surface area (Å²) in [6, 6.07) is 4.56. The molecular weight excluding hydrogens is 251 g/mol. The van der Waals surface area contributed by atoms with Gasteiger partial charge in [0.1, 0.15) is 5.82 Å². The second kappa shape index (κ2) is 6.09. The zero-order valence-electron chi connectivity index (χ0n) is 10.9. The first kappa shape index (κ1) is 14.8. The maximum atomic E-state index is 13.2. The van der Waals surface area contributed by atoms with Gasteiger partial charge in [0.05, 0.1) is 11.4 Å². The van der Waals surface area contributed by atoms with Crippen LogP contribution < -0.4 is 11.1 Å². The zero-order valence-corrected chi connectivity index (χ0v) is 11.7. The number of carbonyl (C=O) groups is 1. The minimum atomic E-state index is -0.450. The Morgan fingerprint density at radius 3 is 2.72 bits per heavy atom. The van der Waals surface area contributed by atoms with E-state index < -0.39 is 5.82 Å². The first-order valence-corrected chi connectivity index (χ1v) is 6.81. The van der Waals surface area contributed by atoms with Gasteiger partial charge in [0.2, 0.25) is 5.91 Å². The molecule has 0 radical (unpaired) electrons. The van der Waals surface area contributed by atoms with Gasteiger partial charge in [-0.15, -0.1) is 11.8 Å². The molecule has 100 valence electrons. The Hall–Kier alpha value is -1.23. The highest BCUT2D eigenvalue weighted by Crippen LogP contribution is 2.22. The number of thioether (sulfide) groups is 1. The van der Waals surface area contributed by atoms with E-state index in [1.165, 1.54) is 23.9 Å². The minimum Gasteiger partial charge on any atom is -0.396 e. The fourth-order valence-electron chi connectivity index (χ4n) is 1.25. The minimum absolute atomic E-state index is 0.0518. The molecule has 1 rings (SSSR count). The third-order valence-corrected chi connectivity index (χ3v) is 3.70. The normalized spacial score (nSPS) is 11.3. The van der Waals surface area contributed by atoms with Crippen molar-refractivity contribution in [2.75, 3.05) is 11.5 Å². The summed E-state index contributed by atoms with van der Waals surface area (Å²) in [5.41, 5.74) is 5.30. The molecule has 1 aromatic carbocycles. The first-order chi connectivity index (χ1) is 8.34. The number of rotatable bonds is 5. The number of hydrogen-bond acceptors (Lipinski definition) is 3. The van der Waals surface area contributed by atoms with E-state index in [2.05, 4.69) is 5.32 Å². The quantitative estimate of drug-likeness (QED) is 0.639. The summed E-state index contributed by atoms with van der Waals surface area (Å²) in [6.07, 6.45) is 0.861. The lowest BCUT2D eigenvalue weighted by Gasteiger charge is -2.24. The van der Waals surface area contributed by atoms with Gasteiger partial charge in [0.25, 0.3) is 0 Å². The van der Waals surface area contributed by atoms with Crippen molar-refractivity contribution in [3.05, 3.63) is 24.0 Å². The topological polar surface area (TPSA) is 55.1 Å². The van der Waals surface area contributed by atoms with Crippen LogP contribution in [0.4, 0.5) is 10.1 Å². The monoisotopic (exact) mass is 270 g/mol. The number of nitrogens with one attached hydrogen (secondary N) is 1. The summed E-state index contributed by atoms with van der Waals surface area (Å²) in [6.45, 7) is 5.96. The maximum absolute atomic E-state index is 13.2. The van der Waals surface area contributed by atoms with Gasteiger partial charge in [-0.05, 0) is 38.5 Å². The predicted molar refractivity (Wildman–Crippen MR) is 74.0 cm³/mol. The molecule has 3 N–H and O–H groups in total. The Balaban J connectivity index is 2.50. The van der Waals surface area contributed by atoms with Gasteiger partial charge in [-0.2, -0.15) is 0 Å². The van der Waals surface area contributed by atoms with Gasteiger partial charge < -0.3 is 11.1 Å². The van der Waals surface area contributed by atoms with E-state index in [9.17, 15) is 9.18 Å². The predicted octanol–water partition coefficient (Wildman–Crippen LogP) is 2.80. The standard InChI is InChI=1S/C13H19FN2OS/c1-4-13(2,3)16-12(17)8-18-9-5-6-11(15)10(14)7-9/h5-7H,4,8,15H2,1-3H3,(H,16,17). The average molecular weight is 270 g/mol. The van der Waals surface area contributed by atoms with Gasteiger partial charge in [-0.3, -0.25) is 4.79 Å². The number of anilines is 1. The highest BCUT2D eigenvalue weighted by Gasteiger charge is 2.17. The van der Waals surface area contributed by atoms with Crippen molar-refractivity contribution in [1.82, 2.24) is 5.32 Å². The molecule has 0 aliphatic carbocycles. The largest absolute Gasteiger partial charge is 0.396 e. The molecule has 0 atom stereocenters. The lowest BCUT2D eigenvalue weighted by atomic mass is 10.0. The summed E-state index contributed by atoms with van der Waals surface area (Å²) >= 11 is 1.29. The van der Waals surface area contributed by atoms with Gasteiger partial charge in [0.15, 0.2) is 0 Å². The van der Waals surface area contributed by atoms with Crippen LogP contribution in [0.5, 0.6) is 0 Å². The van der Waals surface area contributed by atoms with Crippen molar-refractivity contribution < 1.29 is 9.18 Å². The van der Waals surface area contributed by atoms with Crippen molar-refractivity contribution in [2.24, 2.45) is 0 Å². The number of amides is 1. The Kier molecular flexibility index (Phi) is 5.02. The van der Waals surface area contributed by atoms with Gasteiger partial charge in [0, 0.05) is 10.4 Å². The van der Waals surface area contributed by atoms with E-state index in [4.69, 9.17) is 5.73 Å². The summed E-state index contributed by atoms with van der Waals surface area (Å²) in [5, 5.41) is 2.92. The van der Waals surface area contributed by atoms with E-state index in [0.29, 0.717) is 4.90 Å². The molecule has 0 aromatic heterocycles. The molecule has 3 nitrogen and oxygen atoms in total. The first-order valence-electron chi connectivity index (χ1n) is 5.83. The summed E-state index contributed by atoms with van der Waals surface area (Å²) < 4.78 is 13.2. The average Bonchev–Trinajstić information content (AvgIpc) is 2.30. The molecule has 0 saturated heterocycles. The maximum Gasteiger partial charge on any atom is 0.230 e. The van der Waals surface area contributed by atoms with Crippen LogP contribution in [-0.4, -0.2) is 17.2 Å². The molecule has 0 spiro atoms. The van der Waals surface area contributed by atoms with Crippen molar-refractivity contribution in [3.8, 4) is 0 Å². The second-order valence-electron chi connectivity index (χ2n) is 4.76. The molecule has 0 fully saturated rings. The Morgan fingerprint density at radius 2 is 2.17 bits per heavy atom. The van der Waals surface area contributed by atoms with Crippen LogP contribution in [0.2, 0.25) is 0 Å². The van der Waals surface area contributed by atoms with Crippen LogP contribution in [0.1, 0.15) is 27.2 Å². The van der Waals surface area contributed by atoms with E-state index in [0.717, 1.165) is 6.42 Å². The Labute approximate surface area is 111 Å². The molecule has 0 saturated carbocycles. The number of carbonyl (C=O) groups excluding carboxylic acids is 1. The smallest absolute Gasteiger partial charge is 0.230 e. The highest BCUT2D eigenvalue weighted by molar-refractivity contribution is 8.00. The van der Waals surface area contributed by atoms with Crippen LogP contribution in [0.25, 0.3) is 0 Å². The van der Waals surface area contributed by atoms with Crippen molar-refractivity contribution in [3.63, 3.8) is 0 Å². The van der Waals surface area contributed by atoms with Crippen molar-refractivity contribution >= 4 is 23.4 Å². The van der Waals surface area contributed by atoms with Gasteiger partial charge >= 0.3 is 0 Å². The third kappa shape index (κ3) is 4.56. The lowest BCUT2D eigenvalue weighted by Crippen LogP contribution is -2.43. The van der Waals surface area contributed by atoms with Crippen molar-refractivity contribution in [2.45, 2.75) is 37.6 Å². The van der Waals surface area contributed by atoms with E-state index in [1.807, 2.05) is 20.8 Å². The number of hydrogen-bond donors (Lipinski definition) is 2.